The SMILES string of the molecule is CC(=O)Nc1cccc(C(=O)NCc2ccc(N(C=O)c3cc(C(F)(F)F)ccc3-c3ccccc3)cc2)n1. The summed E-state index contributed by atoms with van der Waals surface area (Å²) in [6.45, 7) is 1.46. The van der Waals surface area contributed by atoms with Crippen LogP contribution >= 0.6 is 0 Å². The highest BCUT2D eigenvalue weighted by Gasteiger charge is 2.32. The Morgan fingerprint density at radius 3 is 2.28 bits per heavy atom. The molecule has 39 heavy (non-hydrogen) atoms. The van der Waals surface area contributed by atoms with Crippen LogP contribution in [0.2, 0.25) is 0 Å². The van der Waals surface area contributed by atoms with Crippen molar-refractivity contribution in [3.8, 4) is 11.1 Å². The van der Waals surface area contributed by atoms with Crippen LogP contribution in [-0.4, -0.2) is 23.2 Å². The lowest BCUT2D eigenvalue weighted by atomic mass is 10.00. The molecule has 4 rings (SSSR count). The van der Waals surface area contributed by atoms with Gasteiger partial charge in [-0.3, -0.25) is 19.3 Å². The summed E-state index contributed by atoms with van der Waals surface area (Å²) in [6, 6.07) is 23.2. The van der Waals surface area contributed by atoms with Gasteiger partial charge in [0.2, 0.25) is 12.3 Å². The predicted octanol–water partition coefficient (Wildman–Crippen LogP) is 5.95. The van der Waals surface area contributed by atoms with Crippen molar-refractivity contribution in [2.75, 3.05) is 10.2 Å². The van der Waals surface area contributed by atoms with Crippen LogP contribution in [0.15, 0.2) is 91.0 Å². The van der Waals surface area contributed by atoms with Gasteiger partial charge in [-0.05, 0) is 47.5 Å². The van der Waals surface area contributed by atoms with E-state index in [4.69, 9.17) is 0 Å². The van der Waals surface area contributed by atoms with E-state index < -0.39 is 17.6 Å². The summed E-state index contributed by atoms with van der Waals surface area (Å²) in [6.07, 6.45) is -4.12. The first kappa shape index (κ1) is 27.1. The van der Waals surface area contributed by atoms with Crippen molar-refractivity contribution in [1.29, 1.82) is 0 Å². The van der Waals surface area contributed by atoms with E-state index in [0.717, 1.165) is 17.0 Å². The first-order valence-corrected chi connectivity index (χ1v) is 11.8. The molecule has 0 unspecified atom stereocenters. The minimum absolute atomic E-state index is 0.0807. The van der Waals surface area contributed by atoms with Gasteiger partial charge in [-0.25, -0.2) is 4.98 Å². The number of anilines is 3. The molecule has 4 aromatic rings. The molecule has 0 aliphatic carbocycles. The Morgan fingerprint density at radius 2 is 1.64 bits per heavy atom. The molecule has 1 heterocycles. The minimum atomic E-state index is -4.59. The first-order valence-electron chi connectivity index (χ1n) is 11.8. The Morgan fingerprint density at radius 1 is 0.923 bits per heavy atom. The summed E-state index contributed by atoms with van der Waals surface area (Å²) >= 11 is 0. The molecule has 10 heteroatoms. The molecule has 2 N–H and O–H groups in total. The summed E-state index contributed by atoms with van der Waals surface area (Å²) < 4.78 is 40.5. The molecular weight excluding hydrogens is 509 g/mol. The Balaban J connectivity index is 1.55. The number of hydrogen-bond donors (Lipinski definition) is 2. The van der Waals surface area contributed by atoms with Crippen LogP contribution in [-0.2, 0) is 22.3 Å². The Labute approximate surface area is 222 Å². The average Bonchev–Trinajstić information content (AvgIpc) is 2.92. The normalized spacial score (nSPS) is 11.0. The lowest BCUT2D eigenvalue weighted by Crippen LogP contribution is -2.24. The van der Waals surface area contributed by atoms with Crippen molar-refractivity contribution in [1.82, 2.24) is 10.3 Å². The number of carbonyl (C=O) groups excluding carboxylic acids is 3. The van der Waals surface area contributed by atoms with Gasteiger partial charge < -0.3 is 10.6 Å². The number of aromatic nitrogens is 1. The lowest BCUT2D eigenvalue weighted by Gasteiger charge is -2.23. The zero-order chi connectivity index (χ0) is 28.0. The second kappa shape index (κ2) is 11.6. The van der Waals surface area contributed by atoms with Crippen LogP contribution in [0.5, 0.6) is 0 Å². The van der Waals surface area contributed by atoms with Crippen molar-refractivity contribution in [2.45, 2.75) is 19.6 Å². The molecule has 0 radical (unpaired) electrons. The third-order valence-electron chi connectivity index (χ3n) is 5.73. The van der Waals surface area contributed by atoms with Crippen molar-refractivity contribution in [3.63, 3.8) is 0 Å². The molecule has 0 aliphatic heterocycles. The van der Waals surface area contributed by atoms with Gasteiger partial charge >= 0.3 is 6.18 Å². The van der Waals surface area contributed by atoms with E-state index in [2.05, 4.69) is 15.6 Å². The van der Waals surface area contributed by atoms with Gasteiger partial charge in [-0.2, -0.15) is 13.2 Å². The second-order valence-electron chi connectivity index (χ2n) is 8.51. The molecule has 7 nitrogen and oxygen atoms in total. The maximum absolute atomic E-state index is 13.5. The standard InChI is InChI=1S/C29H23F3N4O3/c1-19(38)34-27-9-5-8-25(35-27)28(39)33-17-20-10-13-23(14-11-20)36(18-37)26-16-22(29(30,31)32)12-15-24(26)21-6-3-2-4-7-21/h2-16,18H,17H2,1H3,(H,33,39)(H,34,35,38). The Hall–Kier alpha value is -4.99. The fourth-order valence-electron chi connectivity index (χ4n) is 3.88. The summed E-state index contributed by atoms with van der Waals surface area (Å²) in [4.78, 5) is 41.1. The first-order chi connectivity index (χ1) is 18.7. The summed E-state index contributed by atoms with van der Waals surface area (Å²) in [5, 5.41) is 5.23. The van der Waals surface area contributed by atoms with Gasteiger partial charge in [0.1, 0.15) is 11.5 Å². The molecule has 1 aromatic heterocycles. The van der Waals surface area contributed by atoms with E-state index in [1.165, 1.54) is 19.1 Å². The molecule has 0 saturated carbocycles. The summed E-state index contributed by atoms with van der Waals surface area (Å²) in [5.74, 6) is -0.527. The molecular formula is C29H23F3N4O3. The molecule has 0 aliphatic rings. The van der Waals surface area contributed by atoms with Crippen LogP contribution in [0, 0.1) is 0 Å². The number of nitrogens with one attached hydrogen (secondary N) is 2. The second-order valence-corrected chi connectivity index (χ2v) is 8.51. The molecule has 0 atom stereocenters. The number of nitrogens with zero attached hydrogens (tertiary/aromatic N) is 2. The number of pyridine rings is 1. The smallest absolute Gasteiger partial charge is 0.347 e. The third kappa shape index (κ3) is 6.67. The number of benzene rings is 3. The van der Waals surface area contributed by atoms with E-state index in [9.17, 15) is 27.6 Å². The number of alkyl halides is 3. The van der Waals surface area contributed by atoms with Gasteiger partial charge in [0.05, 0.1) is 11.3 Å². The highest BCUT2D eigenvalue weighted by molar-refractivity contribution is 5.95. The van der Waals surface area contributed by atoms with E-state index in [1.807, 2.05) is 0 Å². The molecule has 3 amide bonds. The summed E-state index contributed by atoms with van der Waals surface area (Å²) in [5.41, 5.74) is 1.47. The number of amides is 3. The highest BCUT2D eigenvalue weighted by atomic mass is 19.4. The van der Waals surface area contributed by atoms with Crippen LogP contribution in [0.25, 0.3) is 11.1 Å². The number of carbonyl (C=O) groups is 3. The van der Waals surface area contributed by atoms with Gasteiger partial charge in [0.15, 0.2) is 0 Å². The van der Waals surface area contributed by atoms with Crippen molar-refractivity contribution >= 4 is 35.4 Å². The third-order valence-corrected chi connectivity index (χ3v) is 5.73. The molecule has 0 fully saturated rings. The topological polar surface area (TPSA) is 91.4 Å². The molecule has 0 saturated heterocycles. The van der Waals surface area contributed by atoms with Gasteiger partial charge in [-0.15, -0.1) is 0 Å². The van der Waals surface area contributed by atoms with E-state index in [0.29, 0.717) is 28.8 Å². The van der Waals surface area contributed by atoms with Crippen molar-refractivity contribution < 1.29 is 27.6 Å². The molecule has 198 valence electrons. The predicted molar refractivity (Wildman–Crippen MR) is 141 cm³/mol. The Bertz CT molecular complexity index is 1490. The highest BCUT2D eigenvalue weighted by Crippen LogP contribution is 2.39. The lowest BCUT2D eigenvalue weighted by molar-refractivity contribution is -0.137. The largest absolute Gasteiger partial charge is 0.416 e. The maximum atomic E-state index is 13.5. The van der Waals surface area contributed by atoms with Crippen LogP contribution < -0.4 is 15.5 Å². The minimum Gasteiger partial charge on any atom is -0.347 e. The maximum Gasteiger partial charge on any atom is 0.416 e. The van der Waals surface area contributed by atoms with Crippen LogP contribution in [0.4, 0.5) is 30.4 Å². The Kier molecular flexibility index (Phi) is 8.04. The van der Waals surface area contributed by atoms with Gasteiger partial charge in [-0.1, -0.05) is 54.6 Å². The van der Waals surface area contributed by atoms with Crippen molar-refractivity contribution in [2.24, 2.45) is 0 Å². The zero-order valence-electron chi connectivity index (χ0n) is 20.7. The van der Waals surface area contributed by atoms with Crippen LogP contribution in [0.3, 0.4) is 0 Å². The fraction of sp³-hybridized carbons (Fsp3) is 0.103. The van der Waals surface area contributed by atoms with Crippen molar-refractivity contribution in [3.05, 3.63) is 108 Å². The zero-order valence-corrected chi connectivity index (χ0v) is 20.7. The summed E-state index contributed by atoms with van der Waals surface area (Å²) in [7, 11) is 0. The fourth-order valence-corrected chi connectivity index (χ4v) is 3.88. The van der Waals surface area contributed by atoms with E-state index >= 15 is 0 Å². The molecule has 0 spiro atoms. The van der Waals surface area contributed by atoms with E-state index in [1.54, 1.807) is 66.7 Å². The quantitative estimate of drug-likeness (QED) is 0.275. The van der Waals surface area contributed by atoms with Gasteiger partial charge in [0, 0.05) is 24.7 Å². The molecule has 0 bridgehead atoms. The monoisotopic (exact) mass is 532 g/mol. The number of hydrogen-bond acceptors (Lipinski definition) is 4. The molecule has 3 aromatic carbocycles. The number of halogens is 3. The van der Waals surface area contributed by atoms with E-state index in [-0.39, 0.29) is 29.7 Å². The average molecular weight is 533 g/mol. The number of rotatable bonds is 8. The van der Waals surface area contributed by atoms with Crippen LogP contribution in [0.1, 0.15) is 28.5 Å². The van der Waals surface area contributed by atoms with Gasteiger partial charge in [0.25, 0.3) is 5.91 Å².